The first-order chi connectivity index (χ1) is 11.7. The molecule has 2 N–H and O–H groups in total. The van der Waals surface area contributed by atoms with Crippen LogP contribution >= 0.6 is 0 Å². The smallest absolute Gasteiger partial charge is 0.292 e. The summed E-state index contributed by atoms with van der Waals surface area (Å²) < 4.78 is 5.31. The van der Waals surface area contributed by atoms with Crippen LogP contribution in [0, 0.1) is 11.3 Å². The lowest BCUT2D eigenvalue weighted by atomic mass is 10.1. The van der Waals surface area contributed by atoms with E-state index in [-0.39, 0.29) is 5.69 Å². The van der Waals surface area contributed by atoms with E-state index < -0.39 is 5.56 Å². The van der Waals surface area contributed by atoms with Gasteiger partial charge in [0, 0.05) is 5.56 Å². The van der Waals surface area contributed by atoms with Gasteiger partial charge in [-0.15, -0.1) is 5.11 Å². The molecule has 0 fully saturated rings. The van der Waals surface area contributed by atoms with E-state index in [1.165, 1.54) is 0 Å². The molecule has 0 atom stereocenters. The zero-order chi connectivity index (χ0) is 16.9. The average Bonchev–Trinajstić information content (AvgIpc) is 3.00. The Morgan fingerprint density at radius 1 is 1.08 bits per heavy atom. The first kappa shape index (κ1) is 15.2. The number of nitriles is 1. The van der Waals surface area contributed by atoms with Crippen molar-refractivity contribution in [2.24, 2.45) is 10.2 Å². The molecule has 7 heteroatoms. The lowest BCUT2D eigenvalue weighted by molar-refractivity contribution is 0.416. The number of methoxy groups -OCH3 is 1. The number of hydrogen-bond donors (Lipinski definition) is 2. The van der Waals surface area contributed by atoms with Gasteiger partial charge in [0.05, 0.1) is 30.1 Å². The summed E-state index contributed by atoms with van der Waals surface area (Å²) in [5.41, 5.74) is 1.88. The number of aromatic amines is 2. The summed E-state index contributed by atoms with van der Waals surface area (Å²) in [6.07, 6.45) is 0. The molecule has 0 spiro atoms. The second-order valence-corrected chi connectivity index (χ2v) is 4.87. The van der Waals surface area contributed by atoms with Crippen LogP contribution in [0.4, 0.5) is 11.4 Å². The first-order valence-corrected chi connectivity index (χ1v) is 7.09. The Balaban J connectivity index is 2.04. The van der Waals surface area contributed by atoms with Crippen molar-refractivity contribution < 1.29 is 4.74 Å². The Labute approximate surface area is 137 Å². The van der Waals surface area contributed by atoms with Crippen molar-refractivity contribution >= 4 is 11.4 Å². The van der Waals surface area contributed by atoms with E-state index >= 15 is 0 Å². The highest BCUT2D eigenvalue weighted by Gasteiger charge is 2.15. The molecular formula is C17H13N5O2. The summed E-state index contributed by atoms with van der Waals surface area (Å²) in [4.78, 5) is 12.0. The highest BCUT2D eigenvalue weighted by atomic mass is 16.5. The lowest BCUT2D eigenvalue weighted by Gasteiger charge is -2.06. The van der Waals surface area contributed by atoms with Gasteiger partial charge in [-0.05, 0) is 30.3 Å². The van der Waals surface area contributed by atoms with Gasteiger partial charge in [0.1, 0.15) is 5.75 Å². The topological polar surface area (TPSA) is 106 Å². The summed E-state index contributed by atoms with van der Waals surface area (Å²) in [5, 5.41) is 22.3. The van der Waals surface area contributed by atoms with Gasteiger partial charge in [0.15, 0.2) is 5.69 Å². The van der Waals surface area contributed by atoms with Crippen LogP contribution in [0.25, 0.3) is 11.3 Å². The molecule has 3 aromatic rings. The molecule has 0 bridgehead atoms. The van der Waals surface area contributed by atoms with Crippen LogP contribution in [0.2, 0.25) is 0 Å². The fraction of sp³-hybridized carbons (Fsp3) is 0.0588. The molecule has 3 rings (SSSR count). The SMILES string of the molecule is COc1ccccc1-c1[nH][nH]c(=O)c1N=Nc1cccc(C#N)c1. The largest absolute Gasteiger partial charge is 0.496 e. The second-order valence-electron chi connectivity index (χ2n) is 4.87. The average molecular weight is 319 g/mol. The second kappa shape index (κ2) is 6.62. The highest BCUT2D eigenvalue weighted by Crippen LogP contribution is 2.33. The van der Waals surface area contributed by atoms with Crippen molar-refractivity contribution in [2.75, 3.05) is 7.11 Å². The van der Waals surface area contributed by atoms with Crippen molar-refractivity contribution in [3.63, 3.8) is 0 Å². The van der Waals surface area contributed by atoms with E-state index in [0.29, 0.717) is 28.3 Å². The number of rotatable bonds is 4. The molecule has 0 aliphatic rings. The van der Waals surface area contributed by atoms with Gasteiger partial charge < -0.3 is 4.74 Å². The zero-order valence-corrected chi connectivity index (χ0v) is 12.8. The molecule has 0 saturated heterocycles. The normalized spacial score (nSPS) is 10.7. The molecule has 0 unspecified atom stereocenters. The van der Waals surface area contributed by atoms with Crippen LogP contribution in [0.15, 0.2) is 63.6 Å². The Morgan fingerprint density at radius 2 is 1.92 bits per heavy atom. The number of azo groups is 1. The standard InChI is InChI=1S/C17H13N5O2/c1-24-14-8-3-2-7-13(14)15-16(17(23)22-20-15)21-19-12-6-4-5-11(9-12)10-18/h2-9H,1H3,(H2,20,22,23). The number of benzene rings is 2. The van der Waals surface area contributed by atoms with Crippen molar-refractivity contribution in [3.05, 3.63) is 64.4 Å². The van der Waals surface area contributed by atoms with E-state index in [1.807, 2.05) is 24.3 Å². The molecule has 0 saturated carbocycles. The van der Waals surface area contributed by atoms with E-state index in [2.05, 4.69) is 20.4 Å². The number of H-pyrrole nitrogens is 2. The fourth-order valence-electron chi connectivity index (χ4n) is 2.24. The number of ether oxygens (including phenoxy) is 1. The third kappa shape index (κ3) is 2.94. The van der Waals surface area contributed by atoms with Gasteiger partial charge in [0.2, 0.25) is 0 Å². The number of nitrogens with zero attached hydrogens (tertiary/aromatic N) is 3. The molecule has 0 radical (unpaired) electrons. The van der Waals surface area contributed by atoms with Crippen LogP contribution < -0.4 is 10.3 Å². The third-order valence-electron chi connectivity index (χ3n) is 3.37. The molecule has 0 aliphatic carbocycles. The van der Waals surface area contributed by atoms with Crippen LogP contribution in [-0.4, -0.2) is 17.3 Å². The third-order valence-corrected chi connectivity index (χ3v) is 3.37. The van der Waals surface area contributed by atoms with E-state index in [1.54, 1.807) is 37.4 Å². The number of hydrogen-bond acceptors (Lipinski definition) is 5. The van der Waals surface area contributed by atoms with Crippen molar-refractivity contribution in [3.8, 4) is 23.1 Å². The lowest BCUT2D eigenvalue weighted by Crippen LogP contribution is -1.96. The molecule has 1 heterocycles. The van der Waals surface area contributed by atoms with Crippen molar-refractivity contribution in [2.45, 2.75) is 0 Å². The quantitative estimate of drug-likeness (QED) is 0.716. The van der Waals surface area contributed by atoms with Crippen LogP contribution in [0.5, 0.6) is 5.75 Å². The molecular weight excluding hydrogens is 306 g/mol. The monoisotopic (exact) mass is 319 g/mol. The maximum Gasteiger partial charge on any atom is 0.292 e. The Bertz CT molecular complexity index is 994. The zero-order valence-electron chi connectivity index (χ0n) is 12.8. The van der Waals surface area contributed by atoms with Gasteiger partial charge >= 0.3 is 0 Å². The Morgan fingerprint density at radius 3 is 2.71 bits per heavy atom. The minimum atomic E-state index is -0.393. The van der Waals surface area contributed by atoms with Gasteiger partial charge in [-0.2, -0.15) is 10.4 Å². The number of para-hydroxylation sites is 1. The maximum atomic E-state index is 12.0. The van der Waals surface area contributed by atoms with Crippen LogP contribution in [0.3, 0.4) is 0 Å². The van der Waals surface area contributed by atoms with Gasteiger partial charge in [-0.25, -0.2) is 0 Å². The predicted molar refractivity (Wildman–Crippen MR) is 88.7 cm³/mol. The van der Waals surface area contributed by atoms with E-state index in [4.69, 9.17) is 10.00 Å². The van der Waals surface area contributed by atoms with Crippen molar-refractivity contribution in [1.82, 2.24) is 10.2 Å². The number of nitrogens with one attached hydrogen (secondary N) is 2. The van der Waals surface area contributed by atoms with Crippen LogP contribution in [0.1, 0.15) is 5.56 Å². The molecule has 0 aliphatic heterocycles. The van der Waals surface area contributed by atoms with Gasteiger partial charge in [-0.1, -0.05) is 18.2 Å². The maximum absolute atomic E-state index is 12.0. The summed E-state index contributed by atoms with van der Waals surface area (Å²) in [6.45, 7) is 0. The summed E-state index contributed by atoms with van der Waals surface area (Å²) in [6, 6.07) is 16.0. The molecule has 24 heavy (non-hydrogen) atoms. The van der Waals surface area contributed by atoms with Gasteiger partial charge in [0.25, 0.3) is 5.56 Å². The summed E-state index contributed by atoms with van der Waals surface area (Å²) >= 11 is 0. The van der Waals surface area contributed by atoms with Crippen molar-refractivity contribution in [1.29, 1.82) is 5.26 Å². The molecule has 7 nitrogen and oxygen atoms in total. The van der Waals surface area contributed by atoms with E-state index in [0.717, 1.165) is 0 Å². The summed E-state index contributed by atoms with van der Waals surface area (Å²) in [7, 11) is 1.55. The molecule has 1 aromatic heterocycles. The Kier molecular flexibility index (Phi) is 4.21. The Hall–Kier alpha value is -3.66. The van der Waals surface area contributed by atoms with Gasteiger partial charge in [-0.3, -0.25) is 15.0 Å². The predicted octanol–water partition coefficient (Wildman–Crippen LogP) is 3.67. The molecule has 118 valence electrons. The number of aromatic nitrogens is 2. The minimum Gasteiger partial charge on any atom is -0.496 e. The minimum absolute atomic E-state index is 0.141. The summed E-state index contributed by atoms with van der Waals surface area (Å²) in [5.74, 6) is 0.607. The molecule has 2 aromatic carbocycles. The first-order valence-electron chi connectivity index (χ1n) is 7.09. The molecule has 0 amide bonds. The highest BCUT2D eigenvalue weighted by molar-refractivity contribution is 5.76. The van der Waals surface area contributed by atoms with Crippen LogP contribution in [-0.2, 0) is 0 Å². The van der Waals surface area contributed by atoms with E-state index in [9.17, 15) is 4.79 Å². The fourth-order valence-corrected chi connectivity index (χ4v) is 2.24.